The van der Waals surface area contributed by atoms with Crippen molar-refractivity contribution >= 4 is 28.4 Å². The molecule has 3 aromatic rings. The normalized spacial score (nSPS) is 16.9. The van der Waals surface area contributed by atoms with Crippen LogP contribution in [0, 0.1) is 6.92 Å². The summed E-state index contributed by atoms with van der Waals surface area (Å²) < 4.78 is 1.98. The predicted molar refractivity (Wildman–Crippen MR) is 134 cm³/mol. The number of Topliss-reactive ketones (excluding diaryl/α,β-unsaturated/α-hetero) is 1. The molecule has 7 heteroatoms. The van der Waals surface area contributed by atoms with Gasteiger partial charge in [0.05, 0.1) is 22.2 Å². The number of anilines is 1. The number of carbonyl (C=O) groups is 2. The number of aromatic nitrogens is 3. The zero-order valence-electron chi connectivity index (χ0n) is 20.8. The Morgan fingerprint density at radius 2 is 1.65 bits per heavy atom. The second-order valence-electron chi connectivity index (χ2n) is 10.6. The van der Waals surface area contributed by atoms with Crippen LogP contribution in [0.4, 0.5) is 5.69 Å². The fraction of sp³-hybridized carbons (Fsp3) is 0.481. The number of carbonyl (C=O) groups excluding carboxylic acids is 2. The maximum Gasteiger partial charge on any atom is 0.254 e. The van der Waals surface area contributed by atoms with E-state index in [1.807, 2.05) is 46.8 Å². The third kappa shape index (κ3) is 4.08. The molecule has 2 fully saturated rings. The second-order valence-corrected chi connectivity index (χ2v) is 10.6. The molecule has 5 rings (SSSR count). The topological polar surface area (TPSA) is 71.3 Å². The van der Waals surface area contributed by atoms with E-state index in [4.69, 9.17) is 10.1 Å². The van der Waals surface area contributed by atoms with Crippen molar-refractivity contribution in [3.8, 4) is 0 Å². The van der Waals surface area contributed by atoms with Crippen LogP contribution in [0.2, 0.25) is 0 Å². The molecule has 7 nitrogen and oxygen atoms in total. The van der Waals surface area contributed by atoms with Crippen molar-refractivity contribution in [2.45, 2.75) is 58.9 Å². The molecule has 1 aliphatic heterocycles. The molecule has 2 aliphatic rings. The van der Waals surface area contributed by atoms with Crippen LogP contribution in [-0.2, 0) is 5.54 Å². The summed E-state index contributed by atoms with van der Waals surface area (Å²) in [5, 5.41) is 5.67. The van der Waals surface area contributed by atoms with Crippen LogP contribution in [-0.4, -0.2) is 57.5 Å². The van der Waals surface area contributed by atoms with E-state index in [1.165, 1.54) is 0 Å². The number of fused-ring (bicyclic) bond motifs is 1. The highest BCUT2D eigenvalue weighted by atomic mass is 16.2. The summed E-state index contributed by atoms with van der Waals surface area (Å²) in [6.45, 7) is 12.7. The van der Waals surface area contributed by atoms with Crippen molar-refractivity contribution < 1.29 is 9.59 Å². The minimum absolute atomic E-state index is 0.0671. The van der Waals surface area contributed by atoms with E-state index in [9.17, 15) is 9.59 Å². The smallest absolute Gasteiger partial charge is 0.254 e. The zero-order valence-corrected chi connectivity index (χ0v) is 20.8. The van der Waals surface area contributed by atoms with E-state index >= 15 is 0 Å². The Labute approximate surface area is 200 Å². The van der Waals surface area contributed by atoms with Crippen molar-refractivity contribution in [2.75, 3.05) is 31.1 Å². The second kappa shape index (κ2) is 8.22. The van der Waals surface area contributed by atoms with E-state index in [0.717, 1.165) is 65.2 Å². The summed E-state index contributed by atoms with van der Waals surface area (Å²) in [7, 11) is 0. The molecular weight excluding hydrogens is 426 g/mol. The summed E-state index contributed by atoms with van der Waals surface area (Å²) in [6, 6.07) is 9.76. The average molecular weight is 460 g/mol. The van der Waals surface area contributed by atoms with Gasteiger partial charge in [-0.05, 0) is 77.8 Å². The minimum atomic E-state index is -0.217. The summed E-state index contributed by atoms with van der Waals surface area (Å²) in [5.74, 6) is 0.591. The molecule has 1 aliphatic carbocycles. The first-order valence-electron chi connectivity index (χ1n) is 12.2. The monoisotopic (exact) mass is 459 g/mol. The van der Waals surface area contributed by atoms with E-state index in [-0.39, 0.29) is 17.2 Å². The number of rotatable bonds is 4. The highest BCUT2D eigenvalue weighted by molar-refractivity contribution is 6.06. The first-order chi connectivity index (χ1) is 16.1. The van der Waals surface area contributed by atoms with Crippen LogP contribution in [0.25, 0.3) is 11.0 Å². The molecule has 1 aromatic carbocycles. The Balaban J connectivity index is 1.41. The van der Waals surface area contributed by atoms with Gasteiger partial charge in [-0.1, -0.05) is 0 Å². The van der Waals surface area contributed by atoms with Crippen molar-refractivity contribution in [3.63, 3.8) is 0 Å². The molecule has 178 valence electrons. The lowest BCUT2D eigenvalue weighted by atomic mass is 10.0. The number of pyridine rings is 1. The fourth-order valence-corrected chi connectivity index (χ4v) is 4.78. The third-order valence-corrected chi connectivity index (χ3v) is 6.90. The summed E-state index contributed by atoms with van der Waals surface area (Å²) in [4.78, 5) is 34.6. The van der Waals surface area contributed by atoms with Gasteiger partial charge in [-0.25, -0.2) is 9.67 Å². The van der Waals surface area contributed by atoms with Gasteiger partial charge >= 0.3 is 0 Å². The van der Waals surface area contributed by atoms with E-state index in [2.05, 4.69) is 25.7 Å². The molecular formula is C27H33N5O2. The van der Waals surface area contributed by atoms with Crippen molar-refractivity contribution in [1.29, 1.82) is 0 Å². The zero-order chi connectivity index (χ0) is 24.2. The number of piperazine rings is 1. The lowest BCUT2D eigenvalue weighted by molar-refractivity contribution is 0.0748. The van der Waals surface area contributed by atoms with Gasteiger partial charge in [0.15, 0.2) is 11.4 Å². The molecule has 0 spiro atoms. The number of hydrogen-bond donors (Lipinski definition) is 0. The van der Waals surface area contributed by atoms with Crippen LogP contribution in [0.3, 0.4) is 0 Å². The van der Waals surface area contributed by atoms with Gasteiger partial charge in [-0.15, -0.1) is 0 Å². The molecule has 34 heavy (non-hydrogen) atoms. The Kier molecular flexibility index (Phi) is 5.46. The Hall–Kier alpha value is -3.22. The molecule has 2 aromatic heterocycles. The minimum Gasteiger partial charge on any atom is -0.368 e. The van der Waals surface area contributed by atoms with E-state index < -0.39 is 0 Å². The molecule has 0 unspecified atom stereocenters. The van der Waals surface area contributed by atoms with Gasteiger partial charge in [-0.2, -0.15) is 5.10 Å². The standard InChI is InChI=1S/C27H33N5O2/c1-17-24-22(16-23(20-6-7-20)28-25(24)32(29-17)27(3,4)5)26(34)31-14-12-30(13-15-31)21-10-8-19(9-11-21)18(2)33/h8-11,16,20H,6-7,12-15H2,1-5H3. The fourth-order valence-electron chi connectivity index (χ4n) is 4.78. The predicted octanol–water partition coefficient (Wildman–Crippen LogP) is 4.54. The summed E-state index contributed by atoms with van der Waals surface area (Å²) in [6.07, 6.45) is 2.27. The van der Waals surface area contributed by atoms with Crippen molar-refractivity contribution in [2.24, 2.45) is 0 Å². The van der Waals surface area contributed by atoms with Crippen LogP contribution >= 0.6 is 0 Å². The molecule has 0 atom stereocenters. The quantitative estimate of drug-likeness (QED) is 0.536. The highest BCUT2D eigenvalue weighted by Crippen LogP contribution is 2.41. The van der Waals surface area contributed by atoms with Crippen molar-refractivity contribution in [3.05, 3.63) is 52.8 Å². The highest BCUT2D eigenvalue weighted by Gasteiger charge is 2.32. The molecule has 3 heterocycles. The van der Waals surface area contributed by atoms with Gasteiger partial charge in [-0.3, -0.25) is 9.59 Å². The molecule has 0 radical (unpaired) electrons. The summed E-state index contributed by atoms with van der Waals surface area (Å²) in [5.41, 5.74) is 5.02. The van der Waals surface area contributed by atoms with Gasteiger partial charge in [0, 0.05) is 49.0 Å². The molecule has 1 saturated heterocycles. The average Bonchev–Trinajstić information content (AvgIpc) is 3.61. The number of amides is 1. The number of ketones is 1. The van der Waals surface area contributed by atoms with Gasteiger partial charge in [0.2, 0.25) is 0 Å². The Morgan fingerprint density at radius 1 is 1.00 bits per heavy atom. The maximum atomic E-state index is 13.8. The van der Waals surface area contributed by atoms with E-state index in [1.54, 1.807) is 6.92 Å². The lowest BCUT2D eigenvalue weighted by Crippen LogP contribution is -2.48. The first kappa shape index (κ1) is 22.6. The van der Waals surface area contributed by atoms with E-state index in [0.29, 0.717) is 19.0 Å². The Morgan fingerprint density at radius 3 is 2.21 bits per heavy atom. The largest absolute Gasteiger partial charge is 0.368 e. The number of hydrogen-bond acceptors (Lipinski definition) is 5. The first-order valence-corrected chi connectivity index (χ1v) is 12.2. The summed E-state index contributed by atoms with van der Waals surface area (Å²) >= 11 is 0. The molecule has 0 bridgehead atoms. The number of nitrogens with zero attached hydrogens (tertiary/aromatic N) is 5. The number of benzene rings is 1. The van der Waals surface area contributed by atoms with Gasteiger partial charge in [0.25, 0.3) is 5.91 Å². The van der Waals surface area contributed by atoms with Crippen LogP contribution in [0.1, 0.15) is 78.6 Å². The van der Waals surface area contributed by atoms with Crippen LogP contribution < -0.4 is 4.90 Å². The van der Waals surface area contributed by atoms with Gasteiger partial charge < -0.3 is 9.80 Å². The van der Waals surface area contributed by atoms with Gasteiger partial charge in [0.1, 0.15) is 0 Å². The van der Waals surface area contributed by atoms with Crippen molar-refractivity contribution in [1.82, 2.24) is 19.7 Å². The molecule has 1 saturated carbocycles. The SMILES string of the molecule is CC(=O)c1ccc(N2CCN(C(=O)c3cc(C4CC4)nc4c3c(C)nn4C(C)(C)C)CC2)cc1. The molecule has 0 N–H and O–H groups in total. The van der Waals surface area contributed by atoms with Crippen LogP contribution in [0.5, 0.6) is 0 Å². The maximum absolute atomic E-state index is 13.8. The van der Waals surface area contributed by atoms with Crippen LogP contribution in [0.15, 0.2) is 30.3 Å². The third-order valence-electron chi connectivity index (χ3n) is 6.90. The Bertz CT molecular complexity index is 1260. The molecule has 1 amide bonds. The number of aryl methyl sites for hydroxylation is 1. The lowest BCUT2D eigenvalue weighted by Gasteiger charge is -2.36.